The summed E-state index contributed by atoms with van der Waals surface area (Å²) in [6, 6.07) is 11.8. The van der Waals surface area contributed by atoms with Crippen LogP contribution in [0.15, 0.2) is 42.5 Å². The Morgan fingerprint density at radius 1 is 1.20 bits per heavy atom. The van der Waals surface area contributed by atoms with Gasteiger partial charge in [0, 0.05) is 24.8 Å². The van der Waals surface area contributed by atoms with E-state index < -0.39 is 23.6 Å². The maximum Gasteiger partial charge on any atom is 0.419 e. The van der Waals surface area contributed by atoms with Gasteiger partial charge in [-0.25, -0.2) is 9.18 Å². The van der Waals surface area contributed by atoms with Gasteiger partial charge in [0.2, 0.25) is 0 Å². The number of benzene rings is 2. The number of anilines is 1. The van der Waals surface area contributed by atoms with E-state index in [2.05, 4.69) is 17.5 Å². The van der Waals surface area contributed by atoms with Gasteiger partial charge in [0.05, 0.1) is 17.2 Å². The molecular formula is C26H28F4N4O. The summed E-state index contributed by atoms with van der Waals surface area (Å²) < 4.78 is 53.0. The molecule has 0 heterocycles. The van der Waals surface area contributed by atoms with Gasteiger partial charge in [-0.15, -0.1) is 0 Å². The Bertz CT molecular complexity index is 1140. The number of alkyl halides is 3. The number of urea groups is 1. The number of carbonyl (C=O) groups is 1. The van der Waals surface area contributed by atoms with Gasteiger partial charge in [-0.05, 0) is 87.0 Å². The van der Waals surface area contributed by atoms with Gasteiger partial charge in [0.1, 0.15) is 5.82 Å². The van der Waals surface area contributed by atoms with Crippen LogP contribution in [0.1, 0.15) is 42.4 Å². The number of amides is 2. The summed E-state index contributed by atoms with van der Waals surface area (Å²) in [6.45, 7) is 1.02. The number of hydrogen-bond donors (Lipinski definition) is 1. The molecule has 2 aromatic carbocycles. The minimum Gasteiger partial charge on any atom is -0.320 e. The van der Waals surface area contributed by atoms with Crippen LogP contribution in [-0.2, 0) is 11.6 Å². The standard InChI is InChI=1S/C26H28F4N4O/c1-33(2)10-11-34(24(35)32-20-6-7-23(27)22(14-20)26(28,29)30)21-8-9-25(15-19(25)13-21)18-5-3-4-17(12-18)16-31/h3-7,12,14,19,21H,8-11,13,15H2,1-2H3,(H,32,35)/t19?,21-,25-/m1/s1. The number of nitrogens with one attached hydrogen (secondary N) is 1. The van der Waals surface area contributed by atoms with E-state index in [-0.39, 0.29) is 17.1 Å². The van der Waals surface area contributed by atoms with Gasteiger partial charge in [-0.3, -0.25) is 0 Å². The lowest BCUT2D eigenvalue weighted by molar-refractivity contribution is -0.139. The molecule has 186 valence electrons. The molecule has 2 amide bonds. The average Bonchev–Trinajstić information content (AvgIpc) is 3.55. The molecule has 2 aliphatic carbocycles. The molecule has 0 bridgehead atoms. The summed E-state index contributed by atoms with van der Waals surface area (Å²) in [5.41, 5.74) is 0.328. The van der Waals surface area contributed by atoms with E-state index in [1.165, 1.54) is 0 Å². The third kappa shape index (κ3) is 5.27. The quantitative estimate of drug-likeness (QED) is 0.537. The second kappa shape index (κ2) is 9.50. The maximum absolute atomic E-state index is 13.7. The van der Waals surface area contributed by atoms with Crippen molar-refractivity contribution < 1.29 is 22.4 Å². The van der Waals surface area contributed by atoms with E-state index in [0.717, 1.165) is 43.4 Å². The molecule has 4 rings (SSSR count). The SMILES string of the molecule is CN(C)CCN(C(=O)Nc1ccc(F)c(C(F)(F)F)c1)[C@@H]1CC[C@]2(c3cccc(C#N)c3)CC2C1. The molecule has 5 nitrogen and oxygen atoms in total. The Kier molecular flexibility index (Phi) is 6.78. The first kappa shape index (κ1) is 25.0. The van der Waals surface area contributed by atoms with Crippen LogP contribution in [0.4, 0.5) is 28.0 Å². The van der Waals surface area contributed by atoms with E-state index in [9.17, 15) is 27.6 Å². The number of fused-ring (bicyclic) bond motifs is 1. The fraction of sp³-hybridized carbons (Fsp3) is 0.462. The van der Waals surface area contributed by atoms with Crippen molar-refractivity contribution in [3.05, 3.63) is 65.0 Å². The molecule has 2 aliphatic rings. The Balaban J connectivity index is 1.50. The molecule has 0 aromatic heterocycles. The van der Waals surface area contributed by atoms with Crippen molar-refractivity contribution in [1.29, 1.82) is 5.26 Å². The topological polar surface area (TPSA) is 59.4 Å². The highest BCUT2D eigenvalue weighted by Crippen LogP contribution is 2.62. The summed E-state index contributed by atoms with van der Waals surface area (Å²) in [6.07, 6.45) is -1.44. The zero-order valence-electron chi connectivity index (χ0n) is 19.7. The highest BCUT2D eigenvalue weighted by Gasteiger charge is 2.58. The van der Waals surface area contributed by atoms with Crippen molar-refractivity contribution in [1.82, 2.24) is 9.80 Å². The minimum atomic E-state index is -4.85. The van der Waals surface area contributed by atoms with Gasteiger partial charge < -0.3 is 15.1 Å². The van der Waals surface area contributed by atoms with Crippen molar-refractivity contribution in [3.63, 3.8) is 0 Å². The first-order valence-corrected chi connectivity index (χ1v) is 11.6. The molecule has 0 aliphatic heterocycles. The molecule has 2 saturated carbocycles. The molecule has 35 heavy (non-hydrogen) atoms. The lowest BCUT2D eigenvalue weighted by Crippen LogP contribution is -2.47. The van der Waals surface area contributed by atoms with E-state index >= 15 is 0 Å². The van der Waals surface area contributed by atoms with Crippen molar-refractivity contribution in [2.75, 3.05) is 32.5 Å². The highest BCUT2D eigenvalue weighted by molar-refractivity contribution is 5.89. The zero-order chi connectivity index (χ0) is 25.4. The van der Waals surface area contributed by atoms with E-state index in [4.69, 9.17) is 0 Å². The zero-order valence-corrected chi connectivity index (χ0v) is 19.7. The average molecular weight is 489 g/mol. The summed E-state index contributed by atoms with van der Waals surface area (Å²) in [7, 11) is 3.78. The van der Waals surface area contributed by atoms with Crippen molar-refractivity contribution in [3.8, 4) is 6.07 Å². The van der Waals surface area contributed by atoms with Crippen molar-refractivity contribution in [2.45, 2.75) is 43.3 Å². The van der Waals surface area contributed by atoms with Crippen molar-refractivity contribution >= 4 is 11.7 Å². The summed E-state index contributed by atoms with van der Waals surface area (Å²) in [4.78, 5) is 16.9. The molecule has 2 aromatic rings. The van der Waals surface area contributed by atoms with Crippen LogP contribution in [0.2, 0.25) is 0 Å². The Morgan fingerprint density at radius 3 is 2.63 bits per heavy atom. The predicted octanol–water partition coefficient (Wildman–Crippen LogP) is 5.62. The highest BCUT2D eigenvalue weighted by atomic mass is 19.4. The summed E-state index contributed by atoms with van der Waals surface area (Å²) in [5, 5.41) is 11.8. The third-order valence-corrected chi connectivity index (χ3v) is 7.29. The lowest BCUT2D eigenvalue weighted by atomic mass is 9.80. The fourth-order valence-corrected chi connectivity index (χ4v) is 5.32. The normalized spacial score (nSPS) is 23.4. The molecule has 9 heteroatoms. The molecule has 0 spiro atoms. The second-order valence-corrected chi connectivity index (χ2v) is 9.80. The number of nitriles is 1. The molecule has 0 radical (unpaired) electrons. The van der Waals surface area contributed by atoms with Crippen LogP contribution in [0.3, 0.4) is 0 Å². The van der Waals surface area contributed by atoms with E-state index in [1.54, 1.807) is 11.0 Å². The van der Waals surface area contributed by atoms with Gasteiger partial charge >= 0.3 is 12.2 Å². The van der Waals surface area contributed by atoms with Crippen LogP contribution >= 0.6 is 0 Å². The Labute approximate surface area is 202 Å². The van der Waals surface area contributed by atoms with Gasteiger partial charge in [-0.2, -0.15) is 18.4 Å². The number of carbonyl (C=O) groups excluding carboxylic acids is 1. The van der Waals surface area contributed by atoms with Crippen LogP contribution in [0, 0.1) is 23.1 Å². The van der Waals surface area contributed by atoms with Gasteiger partial charge in [-0.1, -0.05) is 12.1 Å². The monoisotopic (exact) mass is 488 g/mol. The number of rotatable bonds is 6. The molecule has 2 fully saturated rings. The Morgan fingerprint density at radius 2 is 1.97 bits per heavy atom. The predicted molar refractivity (Wildman–Crippen MR) is 124 cm³/mol. The van der Waals surface area contributed by atoms with Crippen LogP contribution in [0.5, 0.6) is 0 Å². The van der Waals surface area contributed by atoms with E-state index in [0.29, 0.717) is 30.6 Å². The molecule has 1 unspecified atom stereocenters. The first-order chi connectivity index (χ1) is 16.5. The van der Waals surface area contributed by atoms with Gasteiger partial charge in [0.25, 0.3) is 0 Å². The van der Waals surface area contributed by atoms with Crippen molar-refractivity contribution in [2.24, 2.45) is 5.92 Å². The number of nitrogens with zero attached hydrogens (tertiary/aromatic N) is 3. The fourth-order valence-electron chi connectivity index (χ4n) is 5.32. The Hall–Kier alpha value is -3.12. The van der Waals surface area contributed by atoms with Crippen LogP contribution < -0.4 is 5.32 Å². The minimum absolute atomic E-state index is 0.0334. The van der Waals surface area contributed by atoms with Crippen LogP contribution in [0.25, 0.3) is 0 Å². The molecule has 3 atom stereocenters. The van der Waals surface area contributed by atoms with E-state index in [1.807, 2.05) is 31.1 Å². The summed E-state index contributed by atoms with van der Waals surface area (Å²) in [5.74, 6) is -0.995. The molecule has 0 saturated heterocycles. The van der Waals surface area contributed by atoms with Gasteiger partial charge in [0.15, 0.2) is 0 Å². The summed E-state index contributed by atoms with van der Waals surface area (Å²) >= 11 is 0. The molecule has 1 N–H and O–H groups in total. The third-order valence-electron chi connectivity index (χ3n) is 7.29. The largest absolute Gasteiger partial charge is 0.419 e. The number of hydrogen-bond acceptors (Lipinski definition) is 3. The molecular weight excluding hydrogens is 460 g/mol. The number of likely N-dealkylation sites (N-methyl/N-ethyl adjacent to an activating group) is 1. The second-order valence-electron chi connectivity index (χ2n) is 9.80. The number of halogens is 4. The van der Waals surface area contributed by atoms with Crippen LogP contribution in [-0.4, -0.2) is 49.1 Å². The smallest absolute Gasteiger partial charge is 0.320 e. The lowest BCUT2D eigenvalue weighted by Gasteiger charge is -2.37. The maximum atomic E-state index is 13.7. The first-order valence-electron chi connectivity index (χ1n) is 11.6.